The van der Waals surface area contributed by atoms with E-state index in [4.69, 9.17) is 5.11 Å². The van der Waals surface area contributed by atoms with Gasteiger partial charge in [-0.05, 0) is 44.7 Å². The van der Waals surface area contributed by atoms with Crippen molar-refractivity contribution >= 4 is 6.09 Å². The van der Waals surface area contributed by atoms with E-state index in [0.29, 0.717) is 5.56 Å². The summed E-state index contributed by atoms with van der Waals surface area (Å²) in [7, 11) is 0. The van der Waals surface area contributed by atoms with Gasteiger partial charge in [0.15, 0.2) is 0 Å². The van der Waals surface area contributed by atoms with E-state index in [1.807, 2.05) is 0 Å². The minimum Gasteiger partial charge on any atom is -0.465 e. The number of rotatable bonds is 4. The molecule has 1 amide bonds. The Morgan fingerprint density at radius 3 is 2.42 bits per heavy atom. The average molecular weight is 344 g/mol. The quantitative estimate of drug-likeness (QED) is 0.857. The number of halogens is 3. The lowest BCUT2D eigenvalue weighted by molar-refractivity contribution is -0.0506. The Bertz CT molecular complexity index is 622. The predicted molar refractivity (Wildman–Crippen MR) is 83.9 cm³/mol. The summed E-state index contributed by atoms with van der Waals surface area (Å²) < 4.78 is 41.2. The van der Waals surface area contributed by atoms with E-state index in [0.717, 1.165) is 0 Å². The lowest BCUT2D eigenvalue weighted by atomic mass is 9.71. The maximum atomic E-state index is 14.5. The molecule has 4 nitrogen and oxygen atoms in total. The van der Waals surface area contributed by atoms with Crippen molar-refractivity contribution in [2.24, 2.45) is 0 Å². The Labute approximate surface area is 139 Å². The molecule has 2 rings (SSSR count). The van der Waals surface area contributed by atoms with Crippen LogP contribution in [0.25, 0.3) is 0 Å². The first-order valence-electron chi connectivity index (χ1n) is 7.96. The van der Waals surface area contributed by atoms with Gasteiger partial charge in [0, 0.05) is 30.0 Å². The molecule has 0 saturated heterocycles. The highest BCUT2D eigenvalue weighted by Crippen LogP contribution is 2.45. The molecule has 1 aromatic heterocycles. The van der Waals surface area contributed by atoms with Crippen LogP contribution in [0.5, 0.6) is 0 Å². The normalized spacial score (nSPS) is 19.8. The number of nitrogens with zero attached hydrogens (tertiary/aromatic N) is 1. The largest absolute Gasteiger partial charge is 0.465 e. The topological polar surface area (TPSA) is 62.2 Å². The number of nitrogens with one attached hydrogen (secondary N) is 1. The van der Waals surface area contributed by atoms with Crippen LogP contribution in [0, 0.1) is 5.82 Å². The summed E-state index contributed by atoms with van der Waals surface area (Å²) in [5.41, 5.74) is -0.692. The molecule has 2 N–H and O–H groups in total. The molecule has 134 valence electrons. The van der Waals surface area contributed by atoms with Crippen LogP contribution in [0.3, 0.4) is 0 Å². The fraction of sp³-hybridized carbons (Fsp3) is 0.647. The molecular formula is C17H23F3N2O2. The standard InChI is InChI=1S/C17H23F3N2O2/c1-15(2,22-14(23)24)9-11-8-12(18)13(21-10-11)16(3)4-6-17(19,20)7-5-16/h8,10,22H,4-7,9H2,1-3H3,(H,23,24). The van der Waals surface area contributed by atoms with Gasteiger partial charge in [-0.25, -0.2) is 18.0 Å². The second kappa shape index (κ2) is 6.26. The van der Waals surface area contributed by atoms with Crippen LogP contribution < -0.4 is 5.32 Å². The van der Waals surface area contributed by atoms with Gasteiger partial charge in [0.2, 0.25) is 5.92 Å². The van der Waals surface area contributed by atoms with Crippen LogP contribution >= 0.6 is 0 Å². The zero-order chi connectivity index (χ0) is 18.2. The Morgan fingerprint density at radius 2 is 1.92 bits per heavy atom. The van der Waals surface area contributed by atoms with Crippen LogP contribution in [0.2, 0.25) is 0 Å². The highest BCUT2D eigenvalue weighted by molar-refractivity contribution is 5.65. The van der Waals surface area contributed by atoms with Crippen molar-refractivity contribution in [3.8, 4) is 0 Å². The van der Waals surface area contributed by atoms with E-state index >= 15 is 0 Å². The molecule has 1 saturated carbocycles. The van der Waals surface area contributed by atoms with Crippen molar-refractivity contribution < 1.29 is 23.1 Å². The molecule has 1 aliphatic rings. The maximum absolute atomic E-state index is 14.5. The van der Waals surface area contributed by atoms with Crippen molar-refractivity contribution in [2.75, 3.05) is 0 Å². The zero-order valence-electron chi connectivity index (χ0n) is 14.1. The molecule has 0 spiro atoms. The van der Waals surface area contributed by atoms with Gasteiger partial charge < -0.3 is 10.4 Å². The van der Waals surface area contributed by atoms with Gasteiger partial charge in [-0.15, -0.1) is 0 Å². The fourth-order valence-electron chi connectivity index (χ4n) is 3.27. The zero-order valence-corrected chi connectivity index (χ0v) is 14.1. The van der Waals surface area contributed by atoms with Crippen molar-refractivity contribution in [2.45, 2.75) is 69.8 Å². The first-order valence-corrected chi connectivity index (χ1v) is 7.96. The first-order chi connectivity index (χ1) is 10.9. The summed E-state index contributed by atoms with van der Waals surface area (Å²) in [6.45, 7) is 5.15. The average Bonchev–Trinajstić information content (AvgIpc) is 2.40. The summed E-state index contributed by atoms with van der Waals surface area (Å²) >= 11 is 0. The van der Waals surface area contributed by atoms with E-state index in [2.05, 4.69) is 10.3 Å². The molecule has 1 aromatic rings. The van der Waals surface area contributed by atoms with Crippen molar-refractivity contribution in [1.29, 1.82) is 0 Å². The van der Waals surface area contributed by atoms with Crippen LogP contribution in [0.4, 0.5) is 18.0 Å². The second-order valence-electron chi connectivity index (χ2n) is 7.58. The van der Waals surface area contributed by atoms with Gasteiger partial charge in [-0.3, -0.25) is 4.98 Å². The molecule has 1 heterocycles. The minimum absolute atomic E-state index is 0.190. The number of aromatic nitrogens is 1. The third-order valence-electron chi connectivity index (χ3n) is 4.65. The van der Waals surface area contributed by atoms with Gasteiger partial charge in [-0.1, -0.05) is 6.92 Å². The van der Waals surface area contributed by atoms with Crippen LogP contribution in [0.15, 0.2) is 12.3 Å². The fourth-order valence-corrected chi connectivity index (χ4v) is 3.27. The summed E-state index contributed by atoms with van der Waals surface area (Å²) in [4.78, 5) is 15.0. The molecule has 1 aliphatic carbocycles. The number of carboxylic acid groups (broad SMARTS) is 1. The molecule has 0 bridgehead atoms. The Morgan fingerprint density at radius 1 is 1.33 bits per heavy atom. The minimum atomic E-state index is -2.68. The maximum Gasteiger partial charge on any atom is 0.405 e. The van der Waals surface area contributed by atoms with Gasteiger partial charge in [0.25, 0.3) is 0 Å². The van der Waals surface area contributed by atoms with E-state index in [9.17, 15) is 18.0 Å². The van der Waals surface area contributed by atoms with Crippen LogP contribution in [-0.4, -0.2) is 27.6 Å². The first kappa shape index (κ1) is 18.5. The summed E-state index contributed by atoms with van der Waals surface area (Å²) in [6, 6.07) is 1.33. The number of pyridine rings is 1. The number of hydrogen-bond donors (Lipinski definition) is 2. The highest BCUT2D eigenvalue weighted by atomic mass is 19.3. The predicted octanol–water partition coefficient (Wildman–Crippen LogP) is 4.28. The lowest BCUT2D eigenvalue weighted by Crippen LogP contribution is -2.44. The molecule has 24 heavy (non-hydrogen) atoms. The van der Waals surface area contributed by atoms with Crippen molar-refractivity contribution in [1.82, 2.24) is 10.3 Å². The summed E-state index contributed by atoms with van der Waals surface area (Å²) in [5.74, 6) is -3.20. The van der Waals surface area contributed by atoms with Crippen molar-refractivity contribution in [3.63, 3.8) is 0 Å². The lowest BCUT2D eigenvalue weighted by Gasteiger charge is -2.37. The number of hydrogen-bond acceptors (Lipinski definition) is 2. The summed E-state index contributed by atoms with van der Waals surface area (Å²) in [6.07, 6.45) is 0.481. The molecule has 0 atom stereocenters. The van der Waals surface area contributed by atoms with Crippen LogP contribution in [-0.2, 0) is 11.8 Å². The van der Waals surface area contributed by atoms with Gasteiger partial charge in [0.05, 0.1) is 5.69 Å². The number of carbonyl (C=O) groups is 1. The monoisotopic (exact) mass is 344 g/mol. The van der Waals surface area contributed by atoms with Gasteiger partial charge in [0.1, 0.15) is 5.82 Å². The Balaban J connectivity index is 2.17. The molecule has 0 unspecified atom stereocenters. The number of alkyl halides is 2. The Kier molecular flexibility index (Phi) is 4.84. The molecule has 0 aromatic carbocycles. The van der Waals surface area contributed by atoms with Crippen LogP contribution in [0.1, 0.15) is 57.7 Å². The van der Waals surface area contributed by atoms with E-state index in [1.54, 1.807) is 20.8 Å². The van der Waals surface area contributed by atoms with Crippen molar-refractivity contribution in [3.05, 3.63) is 29.3 Å². The highest BCUT2D eigenvalue weighted by Gasteiger charge is 2.43. The summed E-state index contributed by atoms with van der Waals surface area (Å²) in [5, 5.41) is 11.2. The third kappa shape index (κ3) is 4.39. The number of amides is 1. The van der Waals surface area contributed by atoms with E-state index < -0.39 is 28.8 Å². The van der Waals surface area contributed by atoms with E-state index in [1.165, 1.54) is 12.3 Å². The SMILES string of the molecule is CC(C)(Cc1cnc(C2(C)CCC(F)(F)CC2)c(F)c1)NC(=O)O. The Hall–Kier alpha value is -1.79. The molecule has 0 aliphatic heterocycles. The third-order valence-corrected chi connectivity index (χ3v) is 4.65. The van der Waals surface area contributed by atoms with Gasteiger partial charge >= 0.3 is 6.09 Å². The second-order valence-corrected chi connectivity index (χ2v) is 7.58. The smallest absolute Gasteiger partial charge is 0.405 e. The molecule has 1 fully saturated rings. The molecular weight excluding hydrogens is 321 g/mol. The molecule has 0 radical (unpaired) electrons. The van der Waals surface area contributed by atoms with E-state index in [-0.39, 0.29) is 37.8 Å². The molecule has 7 heteroatoms. The van der Waals surface area contributed by atoms with Gasteiger partial charge in [-0.2, -0.15) is 0 Å².